The van der Waals surface area contributed by atoms with Crippen molar-refractivity contribution in [2.24, 2.45) is 0 Å². The molecule has 0 aromatic rings. The molecule has 0 rings (SSSR count). The van der Waals surface area contributed by atoms with E-state index in [4.69, 9.17) is 5.11 Å². The maximum atomic E-state index is 11.9. The first-order valence-corrected chi connectivity index (χ1v) is 1.87. The van der Waals surface area contributed by atoms with Gasteiger partial charge in [-0.15, -0.1) is 0 Å². The quantitative estimate of drug-likeness (QED) is 0.545. The summed E-state index contributed by atoms with van der Waals surface area (Å²) in [5.74, 6) is -1.42. The molecule has 50 valence electrons. The molecule has 0 bridgehead atoms. The van der Waals surface area contributed by atoms with E-state index in [9.17, 15) is 9.18 Å². The van der Waals surface area contributed by atoms with Crippen LogP contribution in [0.3, 0.4) is 0 Å². The summed E-state index contributed by atoms with van der Waals surface area (Å²) in [4.78, 5) is 9.65. The number of carboxylic acids is 1. The van der Waals surface area contributed by atoms with Crippen LogP contribution in [-0.4, -0.2) is 16.7 Å². The minimum absolute atomic E-state index is 0. The molecule has 0 saturated heterocycles. The fourth-order valence-corrected chi connectivity index (χ4v) is 0. The van der Waals surface area contributed by atoms with Gasteiger partial charge in [0.05, 0.1) is 0 Å². The number of hydrogen-bond acceptors (Lipinski definition) is 2. The van der Waals surface area contributed by atoms with Gasteiger partial charge in [-0.1, -0.05) is 0 Å². The first kappa shape index (κ1) is 10.4. The highest BCUT2D eigenvalue weighted by Gasteiger charge is 2.24. The summed E-state index contributed by atoms with van der Waals surface area (Å²) < 4.78 is 11.9. The highest BCUT2D eigenvalue weighted by Crippen LogP contribution is 2.05. The van der Waals surface area contributed by atoms with Gasteiger partial charge in [0.25, 0.3) is 0 Å². The van der Waals surface area contributed by atoms with Gasteiger partial charge in [0.1, 0.15) is 0 Å². The van der Waals surface area contributed by atoms with Gasteiger partial charge in [0.15, 0.2) is 0 Å². The molecule has 0 atom stereocenters. The van der Waals surface area contributed by atoms with Crippen LogP contribution in [0.2, 0.25) is 0 Å². The van der Waals surface area contributed by atoms with E-state index in [-0.39, 0.29) is 6.15 Å². The van der Waals surface area contributed by atoms with E-state index in [1.165, 1.54) is 0 Å². The summed E-state index contributed by atoms with van der Waals surface area (Å²) in [6.07, 6.45) is 0. The number of hydrogen-bond donors (Lipinski definition) is 2. The molecule has 4 N–H and O–H groups in total. The van der Waals surface area contributed by atoms with E-state index >= 15 is 0 Å². The molecule has 3 nitrogen and oxygen atoms in total. The largest absolute Gasteiger partial charge is 0.479 e. The average molecular weight is 123 g/mol. The van der Waals surface area contributed by atoms with Gasteiger partial charge in [-0.2, -0.15) is 0 Å². The van der Waals surface area contributed by atoms with Crippen molar-refractivity contribution in [1.29, 1.82) is 0 Å². The molecule has 8 heavy (non-hydrogen) atoms. The van der Waals surface area contributed by atoms with Crippen LogP contribution in [0, 0.1) is 0 Å². The van der Waals surface area contributed by atoms with Crippen LogP contribution in [0.5, 0.6) is 0 Å². The van der Waals surface area contributed by atoms with Crippen molar-refractivity contribution in [3.63, 3.8) is 0 Å². The zero-order valence-corrected chi connectivity index (χ0v) is 4.94. The van der Waals surface area contributed by atoms with Crippen LogP contribution < -0.4 is 6.15 Å². The molecule has 0 saturated carbocycles. The molecular formula is C4H10FNO2. The molecule has 0 aliphatic rings. The molecule has 0 radical (unpaired) electrons. The van der Waals surface area contributed by atoms with E-state index in [1.54, 1.807) is 0 Å². The second kappa shape index (κ2) is 2.61. The van der Waals surface area contributed by atoms with E-state index in [2.05, 4.69) is 0 Å². The van der Waals surface area contributed by atoms with E-state index in [0.29, 0.717) is 0 Å². The minimum atomic E-state index is -2.08. The van der Waals surface area contributed by atoms with Gasteiger partial charge in [-0.05, 0) is 13.8 Å². The third-order valence-electron chi connectivity index (χ3n) is 0.509. The SMILES string of the molecule is CC(C)(F)C(=O)O.N. The molecule has 0 aliphatic carbocycles. The Kier molecular flexibility index (Phi) is 3.39. The van der Waals surface area contributed by atoms with Gasteiger partial charge >= 0.3 is 5.97 Å². The van der Waals surface area contributed by atoms with Crippen LogP contribution in [-0.2, 0) is 4.79 Å². The Morgan fingerprint density at radius 2 is 1.75 bits per heavy atom. The van der Waals surface area contributed by atoms with Crippen molar-refractivity contribution in [3.8, 4) is 0 Å². The molecule has 0 amide bonds. The number of carboxylic acid groups (broad SMARTS) is 1. The van der Waals surface area contributed by atoms with Gasteiger partial charge in [0, 0.05) is 0 Å². The zero-order valence-electron chi connectivity index (χ0n) is 4.94. The normalized spacial score (nSPS) is 9.88. The van der Waals surface area contributed by atoms with Crippen molar-refractivity contribution in [2.75, 3.05) is 0 Å². The summed E-state index contributed by atoms with van der Waals surface area (Å²) >= 11 is 0. The van der Waals surface area contributed by atoms with Crippen LogP contribution in [0.15, 0.2) is 0 Å². The van der Waals surface area contributed by atoms with Gasteiger partial charge in [-0.25, -0.2) is 9.18 Å². The Morgan fingerprint density at radius 3 is 1.75 bits per heavy atom. The molecule has 0 unspecified atom stereocenters. The Balaban J connectivity index is 0. The third kappa shape index (κ3) is 3.55. The van der Waals surface area contributed by atoms with Crippen LogP contribution in [0.1, 0.15) is 13.8 Å². The Bertz CT molecular complexity index is 86.5. The minimum Gasteiger partial charge on any atom is -0.479 e. The highest BCUT2D eigenvalue weighted by atomic mass is 19.1. The summed E-state index contributed by atoms with van der Waals surface area (Å²) in [6, 6.07) is 0. The highest BCUT2D eigenvalue weighted by molar-refractivity contribution is 5.75. The van der Waals surface area contributed by atoms with Crippen molar-refractivity contribution in [1.82, 2.24) is 6.15 Å². The second-order valence-corrected chi connectivity index (χ2v) is 1.78. The van der Waals surface area contributed by atoms with Gasteiger partial charge in [-0.3, -0.25) is 0 Å². The lowest BCUT2D eigenvalue weighted by Crippen LogP contribution is -2.24. The van der Waals surface area contributed by atoms with Crippen LogP contribution in [0.25, 0.3) is 0 Å². The Morgan fingerprint density at radius 1 is 1.62 bits per heavy atom. The Labute approximate surface area is 47.1 Å². The first-order valence-electron chi connectivity index (χ1n) is 1.87. The lowest BCUT2D eigenvalue weighted by atomic mass is 10.2. The predicted octanol–water partition coefficient (Wildman–Crippen LogP) is 0.981. The third-order valence-corrected chi connectivity index (χ3v) is 0.509. The molecule has 4 heteroatoms. The molecule has 0 heterocycles. The standard InChI is InChI=1S/C4H7FO2.H3N/c1-4(2,5)3(6)7;/h1-2H3,(H,6,7);1H3. The number of rotatable bonds is 1. The van der Waals surface area contributed by atoms with Crippen LogP contribution >= 0.6 is 0 Å². The Hall–Kier alpha value is -0.640. The number of halogens is 1. The molecule has 0 spiro atoms. The number of alkyl halides is 1. The predicted molar refractivity (Wildman–Crippen MR) is 27.8 cm³/mol. The topological polar surface area (TPSA) is 72.3 Å². The van der Waals surface area contributed by atoms with Gasteiger partial charge in [0.2, 0.25) is 5.67 Å². The smallest absolute Gasteiger partial charge is 0.340 e. The molecular weight excluding hydrogens is 113 g/mol. The number of carbonyl (C=O) groups is 1. The molecule has 0 aliphatic heterocycles. The number of aliphatic carboxylic acids is 1. The maximum absolute atomic E-state index is 11.9. The summed E-state index contributed by atoms with van der Waals surface area (Å²) in [5, 5.41) is 7.88. The van der Waals surface area contributed by atoms with Gasteiger partial charge < -0.3 is 11.3 Å². The summed E-state index contributed by atoms with van der Waals surface area (Å²) in [5.41, 5.74) is -2.08. The summed E-state index contributed by atoms with van der Waals surface area (Å²) in [7, 11) is 0. The molecule has 0 fully saturated rings. The van der Waals surface area contributed by atoms with E-state index in [1.807, 2.05) is 0 Å². The first-order chi connectivity index (χ1) is 2.94. The van der Waals surface area contributed by atoms with E-state index in [0.717, 1.165) is 13.8 Å². The van der Waals surface area contributed by atoms with Crippen molar-refractivity contribution in [3.05, 3.63) is 0 Å². The molecule has 0 aromatic heterocycles. The van der Waals surface area contributed by atoms with Crippen molar-refractivity contribution in [2.45, 2.75) is 19.5 Å². The fourth-order valence-electron chi connectivity index (χ4n) is 0. The monoisotopic (exact) mass is 123 g/mol. The van der Waals surface area contributed by atoms with Crippen molar-refractivity contribution >= 4 is 5.97 Å². The molecule has 0 aromatic carbocycles. The van der Waals surface area contributed by atoms with Crippen molar-refractivity contribution < 1.29 is 14.3 Å². The maximum Gasteiger partial charge on any atom is 0.340 e. The zero-order chi connectivity index (χ0) is 6.08. The van der Waals surface area contributed by atoms with E-state index < -0.39 is 11.6 Å². The summed E-state index contributed by atoms with van der Waals surface area (Å²) in [6.45, 7) is 1.99. The second-order valence-electron chi connectivity index (χ2n) is 1.78. The lowest BCUT2D eigenvalue weighted by Gasteiger charge is -2.03. The fraction of sp³-hybridized carbons (Fsp3) is 0.750. The average Bonchev–Trinajstić information content (AvgIpc) is 1.31. The lowest BCUT2D eigenvalue weighted by molar-refractivity contribution is -0.148. The van der Waals surface area contributed by atoms with Crippen LogP contribution in [0.4, 0.5) is 4.39 Å².